The standard InChI is InChI=1S/C33H38N2O6S/c1-4-35(3)27-14-10-25(11-15-27)31-19-13-26-12-16-28(21-32(26)34-31)39-22-29(41-33-7-5-6-20-38-33)23-40-42(36,37)30-17-8-24(2)9-18-30/h8-19,21,29,33H,4-7,20,22-23H2,1-3H3. The first-order valence-corrected chi connectivity index (χ1v) is 15.8. The minimum Gasteiger partial charge on any atom is -0.491 e. The lowest BCUT2D eigenvalue weighted by Gasteiger charge is -2.27. The van der Waals surface area contributed by atoms with E-state index in [1.807, 2.05) is 37.3 Å². The number of ether oxygens (including phenoxy) is 3. The Hall–Kier alpha value is -3.50. The maximum absolute atomic E-state index is 12.8. The van der Waals surface area contributed by atoms with Gasteiger partial charge in [0.1, 0.15) is 18.5 Å². The molecule has 0 bridgehead atoms. The number of hydrogen-bond donors (Lipinski definition) is 0. The minimum absolute atomic E-state index is 0.0842. The lowest BCUT2D eigenvalue weighted by Crippen LogP contribution is -2.35. The zero-order valence-corrected chi connectivity index (χ0v) is 25.2. The van der Waals surface area contributed by atoms with E-state index in [0.29, 0.717) is 12.4 Å². The molecule has 2 heterocycles. The highest BCUT2D eigenvalue weighted by Crippen LogP contribution is 2.26. The van der Waals surface area contributed by atoms with Gasteiger partial charge in [0.15, 0.2) is 6.29 Å². The van der Waals surface area contributed by atoms with E-state index in [4.69, 9.17) is 23.4 Å². The summed E-state index contributed by atoms with van der Waals surface area (Å²) in [5.74, 6) is 0.603. The Labute approximate surface area is 248 Å². The highest BCUT2D eigenvalue weighted by molar-refractivity contribution is 7.86. The molecule has 0 spiro atoms. The molecule has 9 heteroatoms. The van der Waals surface area contributed by atoms with E-state index < -0.39 is 22.5 Å². The molecule has 8 nitrogen and oxygen atoms in total. The molecular formula is C33H38N2O6S. The minimum atomic E-state index is -3.95. The van der Waals surface area contributed by atoms with Crippen LogP contribution >= 0.6 is 0 Å². The fourth-order valence-electron chi connectivity index (χ4n) is 4.70. The highest BCUT2D eigenvalue weighted by Gasteiger charge is 2.24. The Morgan fingerprint density at radius 3 is 2.45 bits per heavy atom. The number of pyridine rings is 1. The first-order chi connectivity index (χ1) is 20.3. The van der Waals surface area contributed by atoms with Gasteiger partial charge in [0.05, 0.1) is 22.7 Å². The van der Waals surface area contributed by atoms with Crippen LogP contribution in [0.15, 0.2) is 83.8 Å². The molecule has 5 rings (SSSR count). The largest absolute Gasteiger partial charge is 0.491 e. The first kappa shape index (κ1) is 30.0. The third-order valence-corrected chi connectivity index (χ3v) is 8.67. The van der Waals surface area contributed by atoms with Crippen LogP contribution in [0.4, 0.5) is 5.69 Å². The van der Waals surface area contributed by atoms with E-state index in [0.717, 1.165) is 59.2 Å². The smallest absolute Gasteiger partial charge is 0.297 e. The predicted octanol–water partition coefficient (Wildman–Crippen LogP) is 6.36. The number of aromatic nitrogens is 1. The van der Waals surface area contributed by atoms with Crippen molar-refractivity contribution in [2.45, 2.75) is 50.4 Å². The van der Waals surface area contributed by atoms with Gasteiger partial charge >= 0.3 is 0 Å². The Kier molecular flexibility index (Phi) is 9.74. The third kappa shape index (κ3) is 7.66. The van der Waals surface area contributed by atoms with Crippen LogP contribution in [-0.2, 0) is 23.8 Å². The SMILES string of the molecule is CCN(C)c1ccc(-c2ccc3ccc(OCC(COS(=O)(=O)c4ccc(C)cc4)OC4CCCCO4)cc3n2)cc1. The lowest BCUT2D eigenvalue weighted by molar-refractivity contribution is -0.198. The number of hydrogen-bond acceptors (Lipinski definition) is 8. The van der Waals surface area contributed by atoms with Crippen LogP contribution in [0.5, 0.6) is 5.75 Å². The predicted molar refractivity (Wildman–Crippen MR) is 164 cm³/mol. The summed E-state index contributed by atoms with van der Waals surface area (Å²) >= 11 is 0. The maximum atomic E-state index is 12.8. The molecule has 42 heavy (non-hydrogen) atoms. The van der Waals surface area contributed by atoms with Crippen LogP contribution in [0.1, 0.15) is 31.7 Å². The Balaban J connectivity index is 1.29. The molecule has 1 aromatic heterocycles. The number of aryl methyl sites for hydroxylation is 1. The van der Waals surface area contributed by atoms with Gasteiger partial charge in [-0.05, 0) is 75.6 Å². The van der Waals surface area contributed by atoms with Gasteiger partial charge in [-0.1, -0.05) is 35.9 Å². The second-order valence-electron chi connectivity index (χ2n) is 10.5. The quantitative estimate of drug-likeness (QED) is 0.176. The highest BCUT2D eigenvalue weighted by atomic mass is 32.2. The van der Waals surface area contributed by atoms with Gasteiger partial charge < -0.3 is 19.1 Å². The molecule has 4 aromatic rings. The van der Waals surface area contributed by atoms with Crippen LogP contribution in [0.2, 0.25) is 0 Å². The van der Waals surface area contributed by atoms with Crippen molar-refractivity contribution in [1.29, 1.82) is 0 Å². The third-order valence-electron chi connectivity index (χ3n) is 7.38. The summed E-state index contributed by atoms with van der Waals surface area (Å²) in [6.45, 7) is 5.45. The molecule has 0 radical (unpaired) electrons. The van der Waals surface area contributed by atoms with Crippen molar-refractivity contribution < 1.29 is 26.8 Å². The topological polar surface area (TPSA) is 87.2 Å². The number of anilines is 1. The van der Waals surface area contributed by atoms with Crippen LogP contribution < -0.4 is 9.64 Å². The molecule has 0 amide bonds. The van der Waals surface area contributed by atoms with Gasteiger partial charge in [-0.3, -0.25) is 4.18 Å². The fraction of sp³-hybridized carbons (Fsp3) is 0.364. The monoisotopic (exact) mass is 590 g/mol. The van der Waals surface area contributed by atoms with Crippen molar-refractivity contribution in [3.8, 4) is 17.0 Å². The zero-order valence-electron chi connectivity index (χ0n) is 24.4. The number of rotatable bonds is 12. The average Bonchev–Trinajstić information content (AvgIpc) is 3.02. The van der Waals surface area contributed by atoms with Gasteiger partial charge in [0, 0.05) is 42.9 Å². The van der Waals surface area contributed by atoms with Gasteiger partial charge in [0.2, 0.25) is 0 Å². The summed E-state index contributed by atoms with van der Waals surface area (Å²) < 4.78 is 49.0. The first-order valence-electron chi connectivity index (χ1n) is 14.4. The fourth-order valence-corrected chi connectivity index (χ4v) is 5.64. The van der Waals surface area contributed by atoms with E-state index in [9.17, 15) is 8.42 Å². The second-order valence-corrected chi connectivity index (χ2v) is 12.1. The van der Waals surface area contributed by atoms with Gasteiger partial charge in [-0.25, -0.2) is 4.98 Å². The van der Waals surface area contributed by atoms with Crippen LogP contribution in [-0.4, -0.2) is 59.2 Å². The molecule has 1 saturated heterocycles. The van der Waals surface area contributed by atoms with Crippen molar-refractivity contribution in [3.05, 3.63) is 84.4 Å². The summed E-state index contributed by atoms with van der Waals surface area (Å²) in [5, 5.41) is 0.990. The Bertz CT molecular complexity index is 1570. The lowest BCUT2D eigenvalue weighted by atomic mass is 10.1. The van der Waals surface area contributed by atoms with E-state index in [2.05, 4.69) is 43.1 Å². The summed E-state index contributed by atoms with van der Waals surface area (Å²) in [4.78, 5) is 7.17. The summed E-state index contributed by atoms with van der Waals surface area (Å²) in [5.41, 5.74) is 4.82. The number of benzene rings is 3. The summed E-state index contributed by atoms with van der Waals surface area (Å²) in [6.07, 6.45) is 1.60. The van der Waals surface area contributed by atoms with Gasteiger partial charge in [-0.2, -0.15) is 8.42 Å². The van der Waals surface area contributed by atoms with Gasteiger partial charge in [-0.15, -0.1) is 0 Å². The molecule has 3 aromatic carbocycles. The van der Waals surface area contributed by atoms with Gasteiger partial charge in [0.25, 0.3) is 10.1 Å². The zero-order chi connectivity index (χ0) is 29.5. The molecule has 222 valence electrons. The van der Waals surface area contributed by atoms with E-state index in [1.54, 1.807) is 12.1 Å². The van der Waals surface area contributed by atoms with E-state index in [-0.39, 0.29) is 18.1 Å². The molecule has 2 unspecified atom stereocenters. The van der Waals surface area contributed by atoms with Crippen LogP contribution in [0, 0.1) is 6.92 Å². The van der Waals surface area contributed by atoms with Crippen LogP contribution in [0.3, 0.4) is 0 Å². The molecule has 0 saturated carbocycles. The molecule has 0 aliphatic carbocycles. The van der Waals surface area contributed by atoms with Crippen molar-refractivity contribution in [2.75, 3.05) is 38.3 Å². The maximum Gasteiger partial charge on any atom is 0.297 e. The molecule has 1 aliphatic rings. The summed E-state index contributed by atoms with van der Waals surface area (Å²) in [7, 11) is -1.89. The summed E-state index contributed by atoms with van der Waals surface area (Å²) in [6, 6.07) is 24.7. The molecule has 2 atom stereocenters. The Morgan fingerprint density at radius 2 is 1.74 bits per heavy atom. The second kappa shape index (κ2) is 13.6. The van der Waals surface area contributed by atoms with Crippen molar-refractivity contribution >= 4 is 26.7 Å². The number of nitrogens with zero attached hydrogens (tertiary/aromatic N) is 2. The van der Waals surface area contributed by atoms with Crippen molar-refractivity contribution in [2.24, 2.45) is 0 Å². The van der Waals surface area contributed by atoms with Crippen molar-refractivity contribution in [3.63, 3.8) is 0 Å². The molecular weight excluding hydrogens is 552 g/mol. The average molecular weight is 591 g/mol. The number of fused-ring (bicyclic) bond motifs is 1. The normalized spacial score (nSPS) is 16.3. The van der Waals surface area contributed by atoms with E-state index >= 15 is 0 Å². The molecule has 1 fully saturated rings. The molecule has 0 N–H and O–H groups in total. The van der Waals surface area contributed by atoms with E-state index in [1.165, 1.54) is 12.1 Å². The van der Waals surface area contributed by atoms with Crippen LogP contribution in [0.25, 0.3) is 22.2 Å². The molecule has 1 aliphatic heterocycles. The Morgan fingerprint density at radius 1 is 0.976 bits per heavy atom. The van der Waals surface area contributed by atoms with Crippen molar-refractivity contribution in [1.82, 2.24) is 4.98 Å².